The topological polar surface area (TPSA) is 45.3 Å². The molecule has 0 saturated carbocycles. The number of nitrogens with zero attached hydrogens (tertiary/aromatic N) is 1. The Morgan fingerprint density at radius 2 is 2.04 bits per heavy atom. The molecule has 0 bridgehead atoms. The van der Waals surface area contributed by atoms with Crippen LogP contribution in [0.2, 0.25) is 0 Å². The number of rotatable bonds is 5. The van der Waals surface area contributed by atoms with E-state index in [1.165, 1.54) is 28.8 Å². The van der Waals surface area contributed by atoms with Crippen molar-refractivity contribution in [1.82, 2.24) is 9.88 Å². The van der Waals surface area contributed by atoms with E-state index in [1.807, 2.05) is 17.0 Å². The average molecular weight is 399 g/mol. The lowest BCUT2D eigenvalue weighted by atomic mass is 9.89. The first-order chi connectivity index (χ1) is 13.7. The molecule has 6 heteroatoms. The molecule has 1 aromatic heterocycles. The molecule has 1 aliphatic rings. The Morgan fingerprint density at radius 1 is 1.25 bits per heavy atom. The van der Waals surface area contributed by atoms with Crippen molar-refractivity contribution >= 4 is 28.6 Å². The lowest BCUT2D eigenvalue weighted by Crippen LogP contribution is -2.38. The van der Waals surface area contributed by atoms with Gasteiger partial charge in [-0.1, -0.05) is 12.1 Å². The Morgan fingerprint density at radius 3 is 2.79 bits per heavy atom. The summed E-state index contributed by atoms with van der Waals surface area (Å²) in [7, 11) is 1.68. The number of aromatic amines is 1. The number of hydrogen-bond donors (Lipinski definition) is 1. The van der Waals surface area contributed by atoms with Crippen molar-refractivity contribution in [1.29, 1.82) is 0 Å². The molecular weight excluding hydrogens is 375 g/mol. The molecule has 0 spiro atoms. The zero-order valence-electron chi connectivity index (χ0n) is 15.8. The summed E-state index contributed by atoms with van der Waals surface area (Å²) >= 11 is 1.27. The monoisotopic (exact) mass is 398 g/mol. The number of methoxy groups -OCH3 is 1. The fourth-order valence-electron chi connectivity index (χ4n) is 3.82. The second kappa shape index (κ2) is 8.27. The van der Waals surface area contributed by atoms with E-state index in [9.17, 15) is 9.18 Å². The minimum atomic E-state index is -0.270. The summed E-state index contributed by atoms with van der Waals surface area (Å²) in [5.41, 5.74) is 2.40. The van der Waals surface area contributed by atoms with Gasteiger partial charge in [-0.25, -0.2) is 4.39 Å². The summed E-state index contributed by atoms with van der Waals surface area (Å²) in [4.78, 5) is 18.3. The number of thioether (sulfide) groups is 1. The van der Waals surface area contributed by atoms with Gasteiger partial charge in [0.05, 0.1) is 12.9 Å². The summed E-state index contributed by atoms with van der Waals surface area (Å²) < 4.78 is 19.1. The van der Waals surface area contributed by atoms with Gasteiger partial charge in [0.1, 0.15) is 11.6 Å². The van der Waals surface area contributed by atoms with Crippen molar-refractivity contribution in [3.63, 3.8) is 0 Å². The van der Waals surface area contributed by atoms with Crippen molar-refractivity contribution in [2.75, 3.05) is 26.0 Å². The highest BCUT2D eigenvalue weighted by atomic mass is 32.2. The van der Waals surface area contributed by atoms with Crippen molar-refractivity contribution in [3.05, 3.63) is 60.0 Å². The average Bonchev–Trinajstić information content (AvgIpc) is 3.16. The molecular formula is C22H23FN2O2S. The van der Waals surface area contributed by atoms with Crippen LogP contribution in [0.15, 0.2) is 53.6 Å². The van der Waals surface area contributed by atoms with Gasteiger partial charge in [-0.3, -0.25) is 4.79 Å². The molecule has 1 amide bonds. The molecule has 0 unspecified atom stereocenters. The van der Waals surface area contributed by atoms with E-state index in [4.69, 9.17) is 4.74 Å². The third kappa shape index (κ3) is 3.87. The van der Waals surface area contributed by atoms with Crippen LogP contribution < -0.4 is 4.74 Å². The first-order valence-electron chi connectivity index (χ1n) is 9.46. The van der Waals surface area contributed by atoms with Gasteiger partial charge in [-0.2, -0.15) is 0 Å². The second-order valence-electron chi connectivity index (χ2n) is 7.03. The number of amides is 1. The van der Waals surface area contributed by atoms with Crippen LogP contribution in [0.25, 0.3) is 10.9 Å². The highest BCUT2D eigenvalue weighted by molar-refractivity contribution is 8.00. The van der Waals surface area contributed by atoms with Crippen LogP contribution >= 0.6 is 11.8 Å². The number of nitrogens with one attached hydrogen (secondary N) is 1. The SMILES string of the molecule is COc1ccc2[nH]cc(C3CCN(C(=O)CSc4ccccc4F)CC3)c2c1. The van der Waals surface area contributed by atoms with Crippen LogP contribution in [0.1, 0.15) is 24.3 Å². The molecule has 1 saturated heterocycles. The summed E-state index contributed by atoms with van der Waals surface area (Å²) in [6.45, 7) is 1.47. The smallest absolute Gasteiger partial charge is 0.232 e. The maximum absolute atomic E-state index is 13.7. The molecule has 3 aromatic rings. The van der Waals surface area contributed by atoms with Crippen molar-refractivity contribution in [3.8, 4) is 5.75 Å². The molecule has 0 aliphatic carbocycles. The van der Waals surface area contributed by atoms with Crippen LogP contribution in [-0.4, -0.2) is 41.7 Å². The minimum Gasteiger partial charge on any atom is -0.497 e. The fraction of sp³-hybridized carbons (Fsp3) is 0.318. The second-order valence-corrected chi connectivity index (χ2v) is 8.05. The van der Waals surface area contributed by atoms with Crippen molar-refractivity contribution in [2.45, 2.75) is 23.7 Å². The Bertz CT molecular complexity index is 980. The number of aromatic nitrogens is 1. The number of piperidine rings is 1. The van der Waals surface area contributed by atoms with Crippen LogP contribution in [0.4, 0.5) is 4.39 Å². The quantitative estimate of drug-likeness (QED) is 0.627. The fourth-order valence-corrected chi connectivity index (χ4v) is 4.66. The maximum Gasteiger partial charge on any atom is 0.232 e. The van der Waals surface area contributed by atoms with Crippen molar-refractivity contribution in [2.24, 2.45) is 0 Å². The molecule has 1 fully saturated rings. The zero-order valence-corrected chi connectivity index (χ0v) is 16.6. The summed E-state index contributed by atoms with van der Waals surface area (Å²) in [5.74, 6) is 1.35. The number of hydrogen-bond acceptors (Lipinski definition) is 3. The number of carbonyl (C=O) groups is 1. The Kier molecular flexibility index (Phi) is 5.57. The van der Waals surface area contributed by atoms with Gasteiger partial charge in [-0.15, -0.1) is 11.8 Å². The number of ether oxygens (including phenoxy) is 1. The molecule has 146 valence electrons. The maximum atomic E-state index is 13.7. The van der Waals surface area contributed by atoms with E-state index in [2.05, 4.69) is 17.2 Å². The zero-order chi connectivity index (χ0) is 19.5. The van der Waals surface area contributed by atoms with E-state index in [0.29, 0.717) is 10.8 Å². The normalized spacial score (nSPS) is 15.1. The number of fused-ring (bicyclic) bond motifs is 1. The molecule has 4 nitrogen and oxygen atoms in total. The molecule has 2 aromatic carbocycles. The van der Waals surface area contributed by atoms with Gasteiger partial charge in [-0.05, 0) is 54.7 Å². The lowest BCUT2D eigenvalue weighted by molar-refractivity contribution is -0.129. The van der Waals surface area contributed by atoms with Crippen LogP contribution in [0.3, 0.4) is 0 Å². The highest BCUT2D eigenvalue weighted by Gasteiger charge is 2.25. The lowest BCUT2D eigenvalue weighted by Gasteiger charge is -2.32. The third-order valence-corrected chi connectivity index (χ3v) is 6.43. The number of halogens is 1. The van der Waals surface area contributed by atoms with Crippen LogP contribution in [0, 0.1) is 5.82 Å². The standard InChI is InChI=1S/C22H23FN2O2S/c1-27-16-6-7-20-17(12-16)18(13-24-20)15-8-10-25(11-9-15)22(26)14-28-21-5-3-2-4-19(21)23/h2-7,12-13,15,24H,8-11,14H2,1H3. The van der Waals surface area contributed by atoms with E-state index in [-0.39, 0.29) is 17.5 Å². The molecule has 0 atom stereocenters. The van der Waals surface area contributed by atoms with Crippen molar-refractivity contribution < 1.29 is 13.9 Å². The van der Waals surface area contributed by atoms with Crippen LogP contribution in [-0.2, 0) is 4.79 Å². The highest BCUT2D eigenvalue weighted by Crippen LogP contribution is 2.35. The van der Waals surface area contributed by atoms with Gasteiger partial charge in [0, 0.05) is 35.1 Å². The largest absolute Gasteiger partial charge is 0.497 e. The van der Waals surface area contributed by atoms with Crippen LogP contribution in [0.5, 0.6) is 5.75 Å². The van der Waals surface area contributed by atoms with E-state index < -0.39 is 0 Å². The summed E-state index contributed by atoms with van der Waals surface area (Å²) in [6.07, 6.45) is 3.95. The molecule has 1 aliphatic heterocycles. The first kappa shape index (κ1) is 18.9. The van der Waals surface area contributed by atoms with E-state index in [0.717, 1.165) is 37.2 Å². The van der Waals surface area contributed by atoms with Gasteiger partial charge in [0.2, 0.25) is 5.91 Å². The number of carbonyl (C=O) groups excluding carboxylic acids is 1. The molecule has 28 heavy (non-hydrogen) atoms. The first-order valence-corrected chi connectivity index (χ1v) is 10.4. The van der Waals surface area contributed by atoms with Gasteiger partial charge in [0.25, 0.3) is 0 Å². The summed E-state index contributed by atoms with van der Waals surface area (Å²) in [5, 5.41) is 1.19. The summed E-state index contributed by atoms with van der Waals surface area (Å²) in [6, 6.07) is 12.7. The number of likely N-dealkylation sites (tertiary alicyclic amines) is 1. The van der Waals surface area contributed by atoms with E-state index in [1.54, 1.807) is 25.3 Å². The molecule has 2 heterocycles. The molecule has 0 radical (unpaired) electrons. The minimum absolute atomic E-state index is 0.0762. The predicted molar refractivity (Wildman–Crippen MR) is 111 cm³/mol. The molecule has 1 N–H and O–H groups in total. The number of H-pyrrole nitrogens is 1. The Hall–Kier alpha value is -2.47. The molecule has 4 rings (SSSR count). The Balaban J connectivity index is 1.37. The predicted octanol–water partition coefficient (Wildman–Crippen LogP) is 4.81. The van der Waals surface area contributed by atoms with Gasteiger partial charge < -0.3 is 14.6 Å². The van der Waals surface area contributed by atoms with Gasteiger partial charge >= 0.3 is 0 Å². The van der Waals surface area contributed by atoms with Gasteiger partial charge in [0.15, 0.2) is 0 Å². The third-order valence-electron chi connectivity index (χ3n) is 5.40. The number of benzene rings is 2. The van der Waals surface area contributed by atoms with E-state index >= 15 is 0 Å². The Labute approximate surface area is 168 Å².